The first-order chi connectivity index (χ1) is 14.2. The fourth-order valence-corrected chi connectivity index (χ4v) is 4.54. The monoisotopic (exact) mass is 392 g/mol. The molecule has 1 aromatic carbocycles. The standard InChI is InChI=1S/C22H24N4O3/c1-28-18-4-3-16-14-25(20(12-17(16)11-18)15-5-9-29-10-6-15)22(27)19-13-21-23-7-2-8-26(21)24-19/h2-4,7-8,11,13,15,20H,5-6,9-10,12,14H2,1H3/t20-/m1/s1. The van der Waals surface area contributed by atoms with E-state index in [9.17, 15) is 4.79 Å². The van der Waals surface area contributed by atoms with Crippen LogP contribution >= 0.6 is 0 Å². The van der Waals surface area contributed by atoms with Gasteiger partial charge in [-0.1, -0.05) is 6.07 Å². The van der Waals surface area contributed by atoms with E-state index in [1.807, 2.05) is 23.2 Å². The molecule has 0 radical (unpaired) electrons. The Kier molecular flexibility index (Phi) is 4.67. The normalized spacial score (nSPS) is 19.9. The molecule has 150 valence electrons. The SMILES string of the molecule is COc1ccc2c(c1)C[C@H](C1CCOCC1)N(C(=O)c1cc3ncccn3n1)C2. The summed E-state index contributed by atoms with van der Waals surface area (Å²) in [6.45, 7) is 2.10. The molecule has 0 bridgehead atoms. The average molecular weight is 392 g/mol. The van der Waals surface area contributed by atoms with Gasteiger partial charge in [-0.05, 0) is 54.5 Å². The Morgan fingerprint density at radius 3 is 2.86 bits per heavy atom. The van der Waals surface area contributed by atoms with Gasteiger partial charge in [0.15, 0.2) is 11.3 Å². The Morgan fingerprint density at radius 2 is 2.07 bits per heavy atom. The molecule has 0 saturated carbocycles. The summed E-state index contributed by atoms with van der Waals surface area (Å²) < 4.78 is 12.6. The molecule has 4 heterocycles. The summed E-state index contributed by atoms with van der Waals surface area (Å²) >= 11 is 0. The van der Waals surface area contributed by atoms with Crippen molar-refractivity contribution >= 4 is 11.6 Å². The molecule has 2 aliphatic rings. The van der Waals surface area contributed by atoms with Crippen molar-refractivity contribution in [3.8, 4) is 5.75 Å². The number of hydrogen-bond donors (Lipinski definition) is 0. The number of carbonyl (C=O) groups excluding carboxylic acids is 1. The minimum atomic E-state index is -0.0338. The molecule has 5 rings (SSSR count). The molecular weight excluding hydrogens is 368 g/mol. The number of aromatic nitrogens is 3. The van der Waals surface area contributed by atoms with Crippen LogP contribution in [0.2, 0.25) is 0 Å². The number of carbonyl (C=O) groups is 1. The van der Waals surface area contributed by atoms with E-state index in [1.54, 1.807) is 23.9 Å². The third kappa shape index (κ3) is 3.35. The van der Waals surface area contributed by atoms with Gasteiger partial charge in [-0.2, -0.15) is 5.10 Å². The molecule has 0 N–H and O–H groups in total. The molecule has 0 aliphatic carbocycles. The maximum Gasteiger partial charge on any atom is 0.275 e. The van der Waals surface area contributed by atoms with Crippen LogP contribution in [-0.4, -0.2) is 51.8 Å². The molecule has 7 heteroatoms. The Bertz CT molecular complexity index is 1010. The van der Waals surface area contributed by atoms with Gasteiger partial charge < -0.3 is 14.4 Å². The fraction of sp³-hybridized carbons (Fsp3) is 0.409. The zero-order chi connectivity index (χ0) is 19.8. The lowest BCUT2D eigenvalue weighted by molar-refractivity contribution is 0.0177. The number of benzene rings is 1. The first-order valence-corrected chi connectivity index (χ1v) is 10.1. The van der Waals surface area contributed by atoms with Crippen LogP contribution in [0.1, 0.15) is 34.5 Å². The molecule has 1 saturated heterocycles. The van der Waals surface area contributed by atoms with Crippen LogP contribution in [0.3, 0.4) is 0 Å². The smallest absolute Gasteiger partial charge is 0.275 e. The van der Waals surface area contributed by atoms with E-state index in [0.29, 0.717) is 23.8 Å². The number of nitrogens with zero attached hydrogens (tertiary/aromatic N) is 4. The molecular formula is C22H24N4O3. The molecule has 7 nitrogen and oxygen atoms in total. The number of rotatable bonds is 3. The minimum Gasteiger partial charge on any atom is -0.497 e. The van der Waals surface area contributed by atoms with Crippen LogP contribution in [0.15, 0.2) is 42.7 Å². The second-order valence-electron chi connectivity index (χ2n) is 7.74. The lowest BCUT2D eigenvalue weighted by Gasteiger charge is -2.42. The van der Waals surface area contributed by atoms with Crippen LogP contribution < -0.4 is 4.74 Å². The van der Waals surface area contributed by atoms with Crippen molar-refractivity contribution in [2.24, 2.45) is 5.92 Å². The summed E-state index contributed by atoms with van der Waals surface area (Å²) in [6.07, 6.45) is 6.29. The number of ether oxygens (including phenoxy) is 2. The highest BCUT2D eigenvalue weighted by atomic mass is 16.5. The Hall–Kier alpha value is -2.93. The molecule has 1 atom stereocenters. The van der Waals surface area contributed by atoms with Gasteiger partial charge in [0, 0.05) is 44.3 Å². The largest absolute Gasteiger partial charge is 0.497 e. The van der Waals surface area contributed by atoms with Crippen molar-refractivity contribution in [3.05, 3.63) is 59.5 Å². The first-order valence-electron chi connectivity index (χ1n) is 10.1. The van der Waals surface area contributed by atoms with Crippen molar-refractivity contribution in [1.82, 2.24) is 19.5 Å². The van der Waals surface area contributed by atoms with E-state index in [2.05, 4.69) is 22.2 Å². The molecule has 0 unspecified atom stereocenters. The van der Waals surface area contributed by atoms with E-state index in [4.69, 9.17) is 9.47 Å². The van der Waals surface area contributed by atoms with Gasteiger partial charge >= 0.3 is 0 Å². The lowest BCUT2D eigenvalue weighted by atomic mass is 9.82. The topological polar surface area (TPSA) is 69.0 Å². The highest BCUT2D eigenvalue weighted by Crippen LogP contribution is 2.34. The fourth-order valence-electron chi connectivity index (χ4n) is 4.54. The Labute approximate surface area is 169 Å². The summed E-state index contributed by atoms with van der Waals surface area (Å²) in [7, 11) is 1.69. The van der Waals surface area contributed by atoms with Gasteiger partial charge in [0.1, 0.15) is 5.75 Å². The second kappa shape index (κ2) is 7.48. The predicted octanol–water partition coefficient (Wildman–Crippen LogP) is 2.73. The van der Waals surface area contributed by atoms with E-state index in [-0.39, 0.29) is 11.9 Å². The highest BCUT2D eigenvalue weighted by molar-refractivity contribution is 5.93. The molecule has 1 fully saturated rings. The summed E-state index contributed by atoms with van der Waals surface area (Å²) in [4.78, 5) is 19.8. The number of methoxy groups -OCH3 is 1. The zero-order valence-corrected chi connectivity index (χ0v) is 16.5. The van der Waals surface area contributed by atoms with Crippen molar-refractivity contribution < 1.29 is 14.3 Å². The molecule has 2 aliphatic heterocycles. The zero-order valence-electron chi connectivity index (χ0n) is 16.5. The van der Waals surface area contributed by atoms with Gasteiger partial charge in [-0.25, -0.2) is 9.50 Å². The van der Waals surface area contributed by atoms with Crippen molar-refractivity contribution in [2.75, 3.05) is 20.3 Å². The van der Waals surface area contributed by atoms with Crippen LogP contribution in [0.4, 0.5) is 0 Å². The minimum absolute atomic E-state index is 0.0338. The van der Waals surface area contributed by atoms with Crippen molar-refractivity contribution in [2.45, 2.75) is 31.8 Å². The highest BCUT2D eigenvalue weighted by Gasteiger charge is 2.37. The number of fused-ring (bicyclic) bond motifs is 2. The van der Waals surface area contributed by atoms with Crippen LogP contribution in [-0.2, 0) is 17.7 Å². The molecule has 1 amide bonds. The molecule has 3 aromatic rings. The van der Waals surface area contributed by atoms with E-state index < -0.39 is 0 Å². The third-order valence-electron chi connectivity index (χ3n) is 6.11. The van der Waals surface area contributed by atoms with Crippen LogP contribution in [0.5, 0.6) is 5.75 Å². The second-order valence-corrected chi connectivity index (χ2v) is 7.74. The van der Waals surface area contributed by atoms with Crippen LogP contribution in [0.25, 0.3) is 5.65 Å². The van der Waals surface area contributed by atoms with Gasteiger partial charge in [-0.15, -0.1) is 0 Å². The third-order valence-corrected chi connectivity index (χ3v) is 6.11. The molecule has 2 aromatic heterocycles. The van der Waals surface area contributed by atoms with Gasteiger partial charge in [-0.3, -0.25) is 4.79 Å². The van der Waals surface area contributed by atoms with Gasteiger partial charge in [0.05, 0.1) is 7.11 Å². The first kappa shape index (κ1) is 18.1. The van der Waals surface area contributed by atoms with E-state index >= 15 is 0 Å². The van der Waals surface area contributed by atoms with E-state index in [1.165, 1.54) is 11.1 Å². The quantitative estimate of drug-likeness (QED) is 0.686. The maximum atomic E-state index is 13.5. The summed E-state index contributed by atoms with van der Waals surface area (Å²) in [6, 6.07) is 9.85. The molecule has 29 heavy (non-hydrogen) atoms. The van der Waals surface area contributed by atoms with Crippen molar-refractivity contribution in [3.63, 3.8) is 0 Å². The van der Waals surface area contributed by atoms with E-state index in [0.717, 1.165) is 38.2 Å². The summed E-state index contributed by atoms with van der Waals surface area (Å²) in [5.41, 5.74) is 3.56. The number of amides is 1. The Balaban J connectivity index is 1.51. The number of hydrogen-bond acceptors (Lipinski definition) is 5. The van der Waals surface area contributed by atoms with Crippen LogP contribution in [0, 0.1) is 5.92 Å². The summed E-state index contributed by atoms with van der Waals surface area (Å²) in [5, 5.41) is 4.47. The lowest BCUT2D eigenvalue weighted by Crippen LogP contribution is -2.49. The molecule has 0 spiro atoms. The average Bonchev–Trinajstić information content (AvgIpc) is 3.22. The van der Waals surface area contributed by atoms with Gasteiger partial charge in [0.25, 0.3) is 5.91 Å². The van der Waals surface area contributed by atoms with Crippen molar-refractivity contribution in [1.29, 1.82) is 0 Å². The summed E-state index contributed by atoms with van der Waals surface area (Å²) in [5.74, 6) is 1.25. The Morgan fingerprint density at radius 1 is 1.21 bits per heavy atom. The van der Waals surface area contributed by atoms with Gasteiger partial charge in [0.2, 0.25) is 0 Å². The predicted molar refractivity (Wildman–Crippen MR) is 107 cm³/mol. The maximum absolute atomic E-state index is 13.5.